The highest BCUT2D eigenvalue weighted by molar-refractivity contribution is 7.15. The lowest BCUT2D eigenvalue weighted by atomic mass is 9.95. The molecule has 6 aromatic rings. The van der Waals surface area contributed by atoms with E-state index in [4.69, 9.17) is 9.84 Å². The fraction of sp³-hybridized carbons (Fsp3) is 0.161. The van der Waals surface area contributed by atoms with E-state index in [1.807, 2.05) is 78.5 Å². The Kier molecular flexibility index (Phi) is 6.32. The van der Waals surface area contributed by atoms with Crippen molar-refractivity contribution in [2.45, 2.75) is 27.7 Å². The molecule has 0 aliphatic heterocycles. The zero-order valence-electron chi connectivity index (χ0n) is 22.2. The number of fused-ring (bicyclic) bond motifs is 1. The Morgan fingerprint density at radius 2 is 1.67 bits per heavy atom. The minimum atomic E-state index is -0.199. The molecule has 3 heterocycles. The normalized spacial score (nSPS) is 11.9. The number of rotatable bonds is 6. The second kappa shape index (κ2) is 9.96. The van der Waals surface area contributed by atoms with Gasteiger partial charge in [-0.2, -0.15) is 14.6 Å². The summed E-state index contributed by atoms with van der Waals surface area (Å²) in [5.41, 5.74) is 7.85. The van der Waals surface area contributed by atoms with Crippen LogP contribution in [0.3, 0.4) is 0 Å². The van der Waals surface area contributed by atoms with Crippen molar-refractivity contribution in [1.82, 2.24) is 24.4 Å². The molecule has 194 valence electrons. The van der Waals surface area contributed by atoms with E-state index in [0.29, 0.717) is 21.9 Å². The van der Waals surface area contributed by atoms with E-state index < -0.39 is 0 Å². The van der Waals surface area contributed by atoms with E-state index in [1.165, 1.54) is 21.4 Å². The Morgan fingerprint density at radius 1 is 0.949 bits per heavy atom. The van der Waals surface area contributed by atoms with E-state index in [1.54, 1.807) is 0 Å². The average molecular weight is 534 g/mol. The highest BCUT2D eigenvalue weighted by atomic mass is 32.1. The number of thiazole rings is 1. The van der Waals surface area contributed by atoms with Gasteiger partial charge in [0.15, 0.2) is 5.82 Å². The average Bonchev–Trinajstić information content (AvgIpc) is 3.60. The van der Waals surface area contributed by atoms with E-state index >= 15 is 0 Å². The number of aromatic nitrogens is 5. The third-order valence-electron chi connectivity index (χ3n) is 6.57. The first-order chi connectivity index (χ1) is 18.9. The van der Waals surface area contributed by atoms with Crippen LogP contribution in [0, 0.1) is 20.8 Å². The fourth-order valence-electron chi connectivity index (χ4n) is 4.92. The van der Waals surface area contributed by atoms with Crippen molar-refractivity contribution in [3.63, 3.8) is 0 Å². The monoisotopic (exact) mass is 533 g/mol. The highest BCUT2D eigenvalue weighted by Crippen LogP contribution is 2.31. The van der Waals surface area contributed by atoms with E-state index in [2.05, 4.69) is 43.0 Å². The summed E-state index contributed by atoms with van der Waals surface area (Å²) in [5.74, 6) is 1.30. The summed E-state index contributed by atoms with van der Waals surface area (Å²) in [6.07, 6.45) is 3.88. The van der Waals surface area contributed by atoms with Gasteiger partial charge in [0.05, 0.1) is 16.8 Å². The molecule has 8 heteroatoms. The van der Waals surface area contributed by atoms with Gasteiger partial charge in [0.1, 0.15) is 11.4 Å². The van der Waals surface area contributed by atoms with Gasteiger partial charge in [0.25, 0.3) is 5.56 Å². The molecule has 0 saturated carbocycles. The van der Waals surface area contributed by atoms with Gasteiger partial charge in [0, 0.05) is 22.9 Å². The van der Waals surface area contributed by atoms with Crippen LogP contribution in [0.15, 0.2) is 77.7 Å². The Morgan fingerprint density at radius 3 is 2.33 bits per heavy atom. The minimum Gasteiger partial charge on any atom is -0.494 e. The molecular formula is C31H27N5O2S. The molecule has 3 aromatic heterocycles. The molecule has 0 radical (unpaired) electrons. The summed E-state index contributed by atoms with van der Waals surface area (Å²) in [6, 6.07) is 21.9. The number of nitrogens with zero attached hydrogens (tertiary/aromatic N) is 5. The maximum atomic E-state index is 13.4. The quantitative estimate of drug-likeness (QED) is 0.281. The Hall–Kier alpha value is -4.56. The summed E-state index contributed by atoms with van der Waals surface area (Å²) >= 11 is 1.32. The van der Waals surface area contributed by atoms with Crippen molar-refractivity contribution in [3.05, 3.63) is 110 Å². The second-order valence-electron chi connectivity index (χ2n) is 9.49. The van der Waals surface area contributed by atoms with Crippen molar-refractivity contribution in [2.75, 3.05) is 6.61 Å². The third-order valence-corrected chi connectivity index (χ3v) is 7.53. The summed E-state index contributed by atoms with van der Waals surface area (Å²) in [5, 5.41) is 9.50. The summed E-state index contributed by atoms with van der Waals surface area (Å²) in [4.78, 5) is 18.6. The van der Waals surface area contributed by atoms with Gasteiger partial charge in [-0.3, -0.25) is 4.79 Å². The van der Waals surface area contributed by atoms with Crippen LogP contribution in [-0.4, -0.2) is 31.0 Å². The molecule has 6 rings (SSSR count). The highest BCUT2D eigenvalue weighted by Gasteiger charge is 2.17. The molecule has 0 fully saturated rings. The lowest BCUT2D eigenvalue weighted by Gasteiger charge is -2.10. The SMILES string of the molecule is CCOc1ccc(-c2nc3sc(=Cc4cn(-c5ccccc5)nc4-c4c(C)cc(C)cc4C)c(=O)n3n2)cc1. The molecule has 0 amide bonds. The van der Waals surface area contributed by atoms with Gasteiger partial charge >= 0.3 is 0 Å². The molecule has 0 spiro atoms. The Balaban J connectivity index is 1.47. The maximum absolute atomic E-state index is 13.4. The first kappa shape index (κ1) is 24.8. The van der Waals surface area contributed by atoms with Gasteiger partial charge in [0.2, 0.25) is 4.96 Å². The lowest BCUT2D eigenvalue weighted by molar-refractivity contribution is 0.340. The van der Waals surface area contributed by atoms with Crippen molar-refractivity contribution in [1.29, 1.82) is 0 Å². The molecule has 0 atom stereocenters. The van der Waals surface area contributed by atoms with Gasteiger partial charge in [-0.05, 0) is 81.3 Å². The van der Waals surface area contributed by atoms with Crippen LogP contribution < -0.4 is 14.8 Å². The smallest absolute Gasteiger partial charge is 0.291 e. The molecule has 0 aliphatic carbocycles. The first-order valence-corrected chi connectivity index (χ1v) is 13.6. The predicted molar refractivity (Wildman–Crippen MR) is 156 cm³/mol. The van der Waals surface area contributed by atoms with Gasteiger partial charge < -0.3 is 4.74 Å². The topological polar surface area (TPSA) is 74.3 Å². The molecular weight excluding hydrogens is 506 g/mol. The second-order valence-corrected chi connectivity index (χ2v) is 10.5. The zero-order valence-corrected chi connectivity index (χ0v) is 23.0. The molecule has 39 heavy (non-hydrogen) atoms. The van der Waals surface area contributed by atoms with Crippen LogP contribution in [0.5, 0.6) is 5.75 Å². The van der Waals surface area contributed by atoms with E-state index in [0.717, 1.165) is 44.9 Å². The summed E-state index contributed by atoms with van der Waals surface area (Å²) in [7, 11) is 0. The molecule has 0 saturated heterocycles. The molecule has 0 aliphatic rings. The van der Waals surface area contributed by atoms with Crippen molar-refractivity contribution in [3.8, 4) is 34.1 Å². The molecule has 0 bridgehead atoms. The van der Waals surface area contributed by atoms with Gasteiger partial charge in [-0.15, -0.1) is 5.10 Å². The fourth-order valence-corrected chi connectivity index (χ4v) is 5.82. The molecule has 0 unspecified atom stereocenters. The number of aryl methyl sites for hydroxylation is 3. The van der Waals surface area contributed by atoms with Crippen LogP contribution in [0.1, 0.15) is 29.2 Å². The number of benzene rings is 3. The van der Waals surface area contributed by atoms with Crippen LogP contribution >= 0.6 is 11.3 Å². The maximum Gasteiger partial charge on any atom is 0.291 e. The third kappa shape index (κ3) is 4.64. The van der Waals surface area contributed by atoms with Gasteiger partial charge in [-0.25, -0.2) is 4.68 Å². The standard InChI is InChI=1S/C31H27N5O2S/c1-5-38-25-13-11-22(12-14-25)29-32-31-36(34-29)30(37)26(39-31)17-23-18-35(24-9-7-6-8-10-24)33-28(23)27-20(3)15-19(2)16-21(27)4/h6-18H,5H2,1-4H3. The van der Waals surface area contributed by atoms with Crippen LogP contribution in [0.25, 0.3) is 39.4 Å². The molecule has 7 nitrogen and oxygen atoms in total. The van der Waals surface area contributed by atoms with Gasteiger partial charge in [-0.1, -0.05) is 47.2 Å². The van der Waals surface area contributed by atoms with Crippen LogP contribution in [0.2, 0.25) is 0 Å². The largest absolute Gasteiger partial charge is 0.494 e. The minimum absolute atomic E-state index is 0.199. The lowest BCUT2D eigenvalue weighted by Crippen LogP contribution is -2.23. The summed E-state index contributed by atoms with van der Waals surface area (Å²) in [6.45, 7) is 8.85. The van der Waals surface area contributed by atoms with E-state index in [-0.39, 0.29) is 5.56 Å². The number of para-hydroxylation sites is 1. The molecule has 3 aromatic carbocycles. The zero-order chi connectivity index (χ0) is 27.1. The van der Waals surface area contributed by atoms with Crippen molar-refractivity contribution < 1.29 is 4.74 Å². The molecule has 0 N–H and O–H groups in total. The Labute approximate surface area is 229 Å². The Bertz CT molecular complexity index is 1890. The van der Waals surface area contributed by atoms with Crippen molar-refractivity contribution >= 4 is 22.4 Å². The first-order valence-electron chi connectivity index (χ1n) is 12.8. The van der Waals surface area contributed by atoms with E-state index in [9.17, 15) is 4.79 Å². The number of ether oxygens (including phenoxy) is 1. The number of hydrogen-bond acceptors (Lipinski definition) is 6. The predicted octanol–water partition coefficient (Wildman–Crippen LogP) is 5.54. The summed E-state index contributed by atoms with van der Waals surface area (Å²) < 4.78 is 9.32. The van der Waals surface area contributed by atoms with Crippen LogP contribution in [-0.2, 0) is 0 Å². The van der Waals surface area contributed by atoms with Crippen LogP contribution in [0.4, 0.5) is 0 Å². The van der Waals surface area contributed by atoms with Crippen molar-refractivity contribution in [2.24, 2.45) is 0 Å². The number of hydrogen-bond donors (Lipinski definition) is 0.